The first-order chi connectivity index (χ1) is 17.8. The summed E-state index contributed by atoms with van der Waals surface area (Å²) >= 11 is 0. The highest BCUT2D eigenvalue weighted by Gasteiger charge is 2.28. The van der Waals surface area contributed by atoms with Crippen LogP contribution in [0.1, 0.15) is 86.6 Å². The summed E-state index contributed by atoms with van der Waals surface area (Å²) in [4.78, 5) is 0. The molecular weight excluding hydrogens is 444 g/mol. The van der Waals surface area contributed by atoms with Gasteiger partial charge in [0.25, 0.3) is 0 Å². The van der Waals surface area contributed by atoms with Crippen LogP contribution in [0.25, 0.3) is 17.2 Å². The summed E-state index contributed by atoms with van der Waals surface area (Å²) in [5.74, 6) is 2.59. The molecule has 194 valence electrons. The molecule has 0 radical (unpaired) electrons. The van der Waals surface area contributed by atoms with Gasteiger partial charge >= 0.3 is 0 Å². The molecule has 0 heterocycles. The van der Waals surface area contributed by atoms with E-state index in [0.717, 1.165) is 24.7 Å². The third kappa shape index (κ3) is 5.50. The third-order valence-corrected chi connectivity index (χ3v) is 9.54. The molecule has 37 heavy (non-hydrogen) atoms. The van der Waals surface area contributed by atoms with Gasteiger partial charge in [0.1, 0.15) is 0 Å². The van der Waals surface area contributed by atoms with Crippen LogP contribution in [-0.4, -0.2) is 0 Å². The Balaban J connectivity index is 1.40. The predicted octanol–water partition coefficient (Wildman–Crippen LogP) is 10.4. The molecule has 0 spiro atoms. The van der Waals surface area contributed by atoms with Gasteiger partial charge in [-0.05, 0) is 103 Å². The minimum atomic E-state index is 0.365. The van der Waals surface area contributed by atoms with Crippen LogP contribution in [-0.2, 0) is 12.8 Å². The van der Waals surface area contributed by atoms with Crippen molar-refractivity contribution in [1.82, 2.24) is 0 Å². The van der Waals surface area contributed by atoms with E-state index < -0.39 is 0 Å². The predicted molar refractivity (Wildman–Crippen MR) is 162 cm³/mol. The summed E-state index contributed by atoms with van der Waals surface area (Å²) in [5.41, 5.74) is 14.4. The number of hydrogen-bond donors (Lipinski definition) is 0. The number of aryl methyl sites for hydroxylation is 2. The zero-order chi connectivity index (χ0) is 26.1. The van der Waals surface area contributed by atoms with Gasteiger partial charge in [0.05, 0.1) is 0 Å². The molecular formula is C37H46. The highest BCUT2D eigenvalue weighted by molar-refractivity contribution is 5.80. The molecule has 5 rings (SSSR count). The van der Waals surface area contributed by atoms with E-state index in [1.807, 2.05) is 0 Å². The fourth-order valence-corrected chi connectivity index (χ4v) is 7.32. The lowest BCUT2D eigenvalue weighted by atomic mass is 9.77. The zero-order valence-corrected chi connectivity index (χ0v) is 23.7. The first-order valence-corrected chi connectivity index (χ1v) is 14.8. The van der Waals surface area contributed by atoms with Gasteiger partial charge in [-0.2, -0.15) is 0 Å². The molecule has 2 aromatic rings. The Labute approximate surface area is 226 Å². The summed E-state index contributed by atoms with van der Waals surface area (Å²) in [6, 6.07) is 11.8. The fourth-order valence-electron chi connectivity index (χ4n) is 7.32. The molecule has 4 atom stereocenters. The van der Waals surface area contributed by atoms with Crippen LogP contribution < -0.4 is 0 Å². The van der Waals surface area contributed by atoms with Crippen LogP contribution in [0.2, 0.25) is 0 Å². The first-order valence-electron chi connectivity index (χ1n) is 14.8. The maximum Gasteiger partial charge on any atom is 0.00826 e. The molecule has 1 fully saturated rings. The summed E-state index contributed by atoms with van der Waals surface area (Å²) in [5, 5.41) is 0. The first kappa shape index (κ1) is 26.0. The van der Waals surface area contributed by atoms with E-state index in [1.165, 1.54) is 95.0 Å². The van der Waals surface area contributed by atoms with E-state index in [0.29, 0.717) is 11.8 Å². The minimum absolute atomic E-state index is 0.365. The Morgan fingerprint density at radius 2 is 1.78 bits per heavy atom. The van der Waals surface area contributed by atoms with E-state index >= 15 is 0 Å². The van der Waals surface area contributed by atoms with Crippen LogP contribution in [0.4, 0.5) is 0 Å². The van der Waals surface area contributed by atoms with Gasteiger partial charge in [0.2, 0.25) is 0 Å². The van der Waals surface area contributed by atoms with Gasteiger partial charge < -0.3 is 0 Å². The number of hydrogen-bond acceptors (Lipinski definition) is 0. The number of unbranched alkanes of at least 4 members (excludes halogenated alkanes) is 1. The molecule has 3 unspecified atom stereocenters. The zero-order valence-electron chi connectivity index (χ0n) is 23.7. The molecule has 0 aromatic heterocycles. The molecule has 0 amide bonds. The molecule has 0 aliphatic heterocycles. The maximum absolute atomic E-state index is 4.45. The number of fused-ring (bicyclic) bond motifs is 1. The molecule has 0 N–H and O–H groups in total. The molecule has 0 heteroatoms. The fraction of sp³-hybridized carbons (Fsp3) is 0.459. The van der Waals surface area contributed by atoms with Gasteiger partial charge in [-0.15, -0.1) is 0 Å². The number of benzene rings is 2. The molecule has 3 aliphatic carbocycles. The monoisotopic (exact) mass is 490 g/mol. The highest BCUT2D eigenvalue weighted by Crippen LogP contribution is 2.43. The van der Waals surface area contributed by atoms with Crippen molar-refractivity contribution in [3.05, 3.63) is 100 Å². The quantitative estimate of drug-likeness (QED) is 0.323. The van der Waals surface area contributed by atoms with Gasteiger partial charge in [0.15, 0.2) is 0 Å². The SMILES string of the molecule is C=C1C=CC(C)C(=C)C1CC1=Cc2cccc(-c3cc(C)cc(C)c3C[C@@H]3CCC(CCCC)C3)c2C1. The van der Waals surface area contributed by atoms with Gasteiger partial charge in [-0.25, -0.2) is 0 Å². The third-order valence-electron chi connectivity index (χ3n) is 9.54. The summed E-state index contributed by atoms with van der Waals surface area (Å²) in [6.07, 6.45) is 18.7. The van der Waals surface area contributed by atoms with Crippen molar-refractivity contribution >= 4 is 6.08 Å². The van der Waals surface area contributed by atoms with E-state index in [9.17, 15) is 0 Å². The Morgan fingerprint density at radius 1 is 0.973 bits per heavy atom. The molecule has 0 nitrogen and oxygen atoms in total. The topological polar surface area (TPSA) is 0 Å². The van der Waals surface area contributed by atoms with E-state index in [-0.39, 0.29) is 0 Å². The average Bonchev–Trinajstić information content (AvgIpc) is 3.50. The van der Waals surface area contributed by atoms with Crippen LogP contribution in [0.3, 0.4) is 0 Å². The molecule has 2 aromatic carbocycles. The summed E-state index contributed by atoms with van der Waals surface area (Å²) < 4.78 is 0. The lowest BCUT2D eigenvalue weighted by Crippen LogP contribution is -2.15. The maximum atomic E-state index is 4.45. The van der Waals surface area contributed by atoms with Crippen LogP contribution in [0.15, 0.2) is 72.4 Å². The van der Waals surface area contributed by atoms with Crippen molar-refractivity contribution in [2.45, 2.75) is 85.5 Å². The molecule has 0 saturated heterocycles. The lowest BCUT2D eigenvalue weighted by molar-refractivity contribution is 0.448. The lowest BCUT2D eigenvalue weighted by Gasteiger charge is -2.28. The largest absolute Gasteiger partial charge is 0.0986 e. The second-order valence-electron chi connectivity index (χ2n) is 12.4. The Hall–Kier alpha value is -2.60. The Morgan fingerprint density at radius 3 is 2.59 bits per heavy atom. The second kappa shape index (κ2) is 11.0. The van der Waals surface area contributed by atoms with Gasteiger partial charge in [-0.1, -0.05) is 118 Å². The van der Waals surface area contributed by atoms with Crippen LogP contribution >= 0.6 is 0 Å². The average molecular weight is 491 g/mol. The van der Waals surface area contributed by atoms with E-state index in [4.69, 9.17) is 0 Å². The Kier molecular flexibility index (Phi) is 7.75. The van der Waals surface area contributed by atoms with Gasteiger partial charge in [-0.3, -0.25) is 0 Å². The highest BCUT2D eigenvalue weighted by atomic mass is 14.3. The van der Waals surface area contributed by atoms with Crippen LogP contribution in [0.5, 0.6) is 0 Å². The van der Waals surface area contributed by atoms with Crippen molar-refractivity contribution < 1.29 is 0 Å². The van der Waals surface area contributed by atoms with Crippen molar-refractivity contribution in [3.8, 4) is 11.1 Å². The summed E-state index contributed by atoms with van der Waals surface area (Å²) in [7, 11) is 0. The normalized spacial score (nSPS) is 25.0. The molecule has 1 saturated carbocycles. The Bertz CT molecular complexity index is 1250. The second-order valence-corrected chi connectivity index (χ2v) is 12.4. The van der Waals surface area contributed by atoms with E-state index in [2.05, 4.69) is 89.4 Å². The van der Waals surface area contributed by atoms with E-state index in [1.54, 1.807) is 5.56 Å². The van der Waals surface area contributed by atoms with Gasteiger partial charge in [0, 0.05) is 5.92 Å². The number of allylic oxidation sites excluding steroid dienone is 5. The van der Waals surface area contributed by atoms with Crippen molar-refractivity contribution in [2.75, 3.05) is 0 Å². The van der Waals surface area contributed by atoms with Crippen LogP contribution in [0, 0.1) is 37.5 Å². The van der Waals surface area contributed by atoms with Crippen molar-refractivity contribution in [1.29, 1.82) is 0 Å². The number of rotatable bonds is 8. The van der Waals surface area contributed by atoms with Crippen molar-refractivity contribution in [2.24, 2.45) is 23.7 Å². The smallest absolute Gasteiger partial charge is 0.00826 e. The summed E-state index contributed by atoms with van der Waals surface area (Å²) in [6.45, 7) is 18.0. The molecule has 3 aliphatic rings. The standard InChI is InChI=1S/C37H46/c1-7-8-10-29-15-16-30(19-29)21-35-27(5)17-24(2)18-37(35)33-12-9-11-32-20-31(23-36(32)33)22-34-26(4)14-13-25(3)28(34)6/h9,11-14,17-18,20,25,29-30,34H,4,6-8,10,15-16,19,21-23H2,1-3,5H3/t25?,29?,30-,34?/m1/s1. The van der Waals surface area contributed by atoms with Crippen molar-refractivity contribution in [3.63, 3.8) is 0 Å². The minimum Gasteiger partial charge on any atom is -0.0986 e. The molecule has 0 bridgehead atoms.